The van der Waals surface area contributed by atoms with Crippen LogP contribution in [0.4, 0.5) is 0 Å². The molecule has 1 aromatic heterocycles. The van der Waals surface area contributed by atoms with Crippen molar-refractivity contribution in [3.05, 3.63) is 46.6 Å². The second-order valence-electron chi connectivity index (χ2n) is 4.47. The summed E-state index contributed by atoms with van der Waals surface area (Å²) in [6.07, 6.45) is 1.10. The van der Waals surface area contributed by atoms with E-state index in [2.05, 4.69) is 29.1 Å². The second kappa shape index (κ2) is 4.21. The van der Waals surface area contributed by atoms with Crippen LogP contribution in [-0.4, -0.2) is 11.1 Å². The molecule has 0 amide bonds. The lowest BCUT2D eigenvalue weighted by Crippen LogP contribution is -2.24. The van der Waals surface area contributed by atoms with Gasteiger partial charge in [0.1, 0.15) is 0 Å². The largest absolute Gasteiger partial charge is 0.346 e. The van der Waals surface area contributed by atoms with Gasteiger partial charge in [-0.25, -0.2) is 0 Å². The summed E-state index contributed by atoms with van der Waals surface area (Å²) in [7, 11) is 2.12. The number of nitrogens with one attached hydrogen (secondary N) is 1. The van der Waals surface area contributed by atoms with E-state index in [0.29, 0.717) is 0 Å². The van der Waals surface area contributed by atoms with Crippen molar-refractivity contribution >= 4 is 11.6 Å². The molecule has 1 aliphatic heterocycles. The van der Waals surface area contributed by atoms with Gasteiger partial charge < -0.3 is 9.88 Å². The minimum absolute atomic E-state index is 0.818. The molecule has 2 nitrogen and oxygen atoms in total. The fourth-order valence-electron chi connectivity index (χ4n) is 2.51. The lowest BCUT2D eigenvalue weighted by Gasteiger charge is -2.15. The number of benzene rings is 1. The van der Waals surface area contributed by atoms with Crippen LogP contribution in [0.25, 0.3) is 11.3 Å². The van der Waals surface area contributed by atoms with Gasteiger partial charge in [-0.1, -0.05) is 29.8 Å². The van der Waals surface area contributed by atoms with Gasteiger partial charge in [0.05, 0.1) is 0 Å². The van der Waals surface area contributed by atoms with Crippen LogP contribution in [0.15, 0.2) is 30.3 Å². The highest BCUT2D eigenvalue weighted by molar-refractivity contribution is 6.33. The molecule has 3 heteroatoms. The van der Waals surface area contributed by atoms with Gasteiger partial charge >= 0.3 is 0 Å². The quantitative estimate of drug-likeness (QED) is 0.819. The molecule has 0 radical (unpaired) electrons. The molecule has 2 heterocycles. The number of hydrogen-bond donors (Lipinski definition) is 1. The number of hydrogen-bond acceptors (Lipinski definition) is 1. The fraction of sp³-hybridized carbons (Fsp3) is 0.286. The molecule has 0 spiro atoms. The van der Waals surface area contributed by atoms with Gasteiger partial charge in [0.25, 0.3) is 0 Å². The number of halogens is 1. The maximum Gasteiger partial charge on any atom is 0.0499 e. The van der Waals surface area contributed by atoms with Gasteiger partial charge in [-0.15, -0.1) is 0 Å². The van der Waals surface area contributed by atoms with E-state index in [1.165, 1.54) is 17.0 Å². The topological polar surface area (TPSA) is 17.0 Å². The summed E-state index contributed by atoms with van der Waals surface area (Å²) in [4.78, 5) is 0. The Balaban J connectivity index is 2.16. The predicted molar refractivity (Wildman–Crippen MR) is 71.3 cm³/mol. The van der Waals surface area contributed by atoms with Crippen LogP contribution in [-0.2, 0) is 20.0 Å². The number of fused-ring (bicyclic) bond motifs is 1. The molecular formula is C14H15ClN2. The van der Waals surface area contributed by atoms with Gasteiger partial charge in [0.15, 0.2) is 0 Å². The summed E-state index contributed by atoms with van der Waals surface area (Å²) in [6.45, 7) is 2.02. The highest BCUT2D eigenvalue weighted by atomic mass is 35.5. The summed E-state index contributed by atoms with van der Waals surface area (Å²) in [5.74, 6) is 0. The van der Waals surface area contributed by atoms with Crippen molar-refractivity contribution in [1.82, 2.24) is 9.88 Å². The van der Waals surface area contributed by atoms with Crippen molar-refractivity contribution in [1.29, 1.82) is 0 Å². The molecule has 88 valence electrons. The van der Waals surface area contributed by atoms with E-state index in [9.17, 15) is 0 Å². The summed E-state index contributed by atoms with van der Waals surface area (Å²) in [5, 5.41) is 4.23. The highest BCUT2D eigenvalue weighted by Crippen LogP contribution is 2.31. The molecule has 0 unspecified atom stereocenters. The zero-order chi connectivity index (χ0) is 11.8. The molecular weight excluding hydrogens is 232 g/mol. The minimum atomic E-state index is 0.818. The smallest absolute Gasteiger partial charge is 0.0499 e. The Morgan fingerprint density at radius 2 is 2.12 bits per heavy atom. The van der Waals surface area contributed by atoms with Crippen LogP contribution in [0.5, 0.6) is 0 Å². The Bertz CT molecular complexity index is 557. The first-order valence-electron chi connectivity index (χ1n) is 5.90. The first kappa shape index (κ1) is 10.9. The molecule has 0 atom stereocenters. The molecule has 3 rings (SSSR count). The van der Waals surface area contributed by atoms with Crippen molar-refractivity contribution in [2.45, 2.75) is 13.0 Å². The normalized spacial score (nSPS) is 14.7. The standard InChI is InChI=1S/C14H15ClN2/c1-17-13(11-4-2-3-5-12(11)15)8-10-6-7-16-9-14(10)17/h2-5,8,16H,6-7,9H2,1H3. The van der Waals surface area contributed by atoms with E-state index < -0.39 is 0 Å². The number of nitrogens with zero attached hydrogens (tertiary/aromatic N) is 1. The molecule has 0 saturated heterocycles. The van der Waals surface area contributed by atoms with E-state index in [-0.39, 0.29) is 0 Å². The Morgan fingerprint density at radius 1 is 1.29 bits per heavy atom. The Labute approximate surface area is 106 Å². The van der Waals surface area contributed by atoms with Gasteiger partial charge in [-0.3, -0.25) is 0 Å². The van der Waals surface area contributed by atoms with Gasteiger partial charge in [-0.2, -0.15) is 0 Å². The van der Waals surface area contributed by atoms with Crippen LogP contribution >= 0.6 is 11.6 Å². The molecule has 1 N–H and O–H groups in total. The SMILES string of the molecule is Cn1c(-c2ccccc2Cl)cc2c1CNCC2. The molecule has 0 aliphatic carbocycles. The van der Waals surface area contributed by atoms with Crippen molar-refractivity contribution in [3.63, 3.8) is 0 Å². The summed E-state index contributed by atoms with van der Waals surface area (Å²) in [6, 6.07) is 10.3. The first-order chi connectivity index (χ1) is 8.27. The molecule has 1 aromatic carbocycles. The third-order valence-electron chi connectivity index (χ3n) is 3.46. The van der Waals surface area contributed by atoms with Crippen molar-refractivity contribution in [3.8, 4) is 11.3 Å². The van der Waals surface area contributed by atoms with E-state index >= 15 is 0 Å². The average Bonchev–Trinajstić information content (AvgIpc) is 2.68. The minimum Gasteiger partial charge on any atom is -0.346 e. The number of aromatic nitrogens is 1. The maximum absolute atomic E-state index is 6.27. The lowest BCUT2D eigenvalue weighted by molar-refractivity contribution is 0.611. The summed E-state index contributed by atoms with van der Waals surface area (Å²) < 4.78 is 2.25. The molecule has 0 bridgehead atoms. The van der Waals surface area contributed by atoms with Crippen LogP contribution in [0.3, 0.4) is 0 Å². The third-order valence-corrected chi connectivity index (χ3v) is 3.79. The monoisotopic (exact) mass is 246 g/mol. The zero-order valence-corrected chi connectivity index (χ0v) is 10.6. The van der Waals surface area contributed by atoms with E-state index in [4.69, 9.17) is 11.6 Å². The Kier molecular flexibility index (Phi) is 2.69. The fourth-order valence-corrected chi connectivity index (χ4v) is 2.74. The number of rotatable bonds is 1. The molecule has 0 saturated carbocycles. The van der Waals surface area contributed by atoms with Crippen LogP contribution in [0, 0.1) is 0 Å². The molecule has 0 fully saturated rings. The van der Waals surface area contributed by atoms with E-state index in [1.54, 1.807) is 0 Å². The van der Waals surface area contributed by atoms with Gasteiger partial charge in [0.2, 0.25) is 0 Å². The third kappa shape index (κ3) is 1.78. The van der Waals surface area contributed by atoms with Crippen LogP contribution in [0.2, 0.25) is 5.02 Å². The zero-order valence-electron chi connectivity index (χ0n) is 9.83. The average molecular weight is 247 g/mol. The lowest BCUT2D eigenvalue weighted by atomic mass is 10.1. The molecule has 17 heavy (non-hydrogen) atoms. The van der Waals surface area contributed by atoms with Crippen molar-refractivity contribution in [2.24, 2.45) is 7.05 Å². The molecule has 2 aromatic rings. The van der Waals surface area contributed by atoms with Gasteiger partial charge in [-0.05, 0) is 30.7 Å². The Hall–Kier alpha value is -1.25. The van der Waals surface area contributed by atoms with Crippen LogP contribution in [0.1, 0.15) is 11.3 Å². The van der Waals surface area contributed by atoms with E-state index in [1.807, 2.05) is 18.2 Å². The predicted octanol–water partition coefficient (Wildman–Crippen LogP) is 2.99. The van der Waals surface area contributed by atoms with E-state index in [0.717, 1.165) is 30.1 Å². The van der Waals surface area contributed by atoms with Gasteiger partial charge in [0, 0.05) is 35.6 Å². The molecule has 1 aliphatic rings. The second-order valence-corrected chi connectivity index (χ2v) is 4.87. The summed E-state index contributed by atoms with van der Waals surface area (Å²) >= 11 is 6.27. The Morgan fingerprint density at radius 3 is 2.88 bits per heavy atom. The maximum atomic E-state index is 6.27. The van der Waals surface area contributed by atoms with Crippen LogP contribution < -0.4 is 5.32 Å². The highest BCUT2D eigenvalue weighted by Gasteiger charge is 2.17. The first-order valence-corrected chi connectivity index (χ1v) is 6.28. The summed E-state index contributed by atoms with van der Waals surface area (Å²) in [5.41, 5.74) is 5.16. The van der Waals surface area contributed by atoms with Crippen molar-refractivity contribution < 1.29 is 0 Å². The van der Waals surface area contributed by atoms with Crippen molar-refractivity contribution in [2.75, 3.05) is 6.54 Å².